The van der Waals surface area contributed by atoms with Gasteiger partial charge in [0.15, 0.2) is 6.04 Å². The Morgan fingerprint density at radius 2 is 1.75 bits per heavy atom. The third-order valence-corrected chi connectivity index (χ3v) is 4.06. The summed E-state index contributed by atoms with van der Waals surface area (Å²) in [5.74, 6) is -0.584. The topological polar surface area (TPSA) is 95.3 Å². The number of carbonyl (C=O) groups is 2. The van der Waals surface area contributed by atoms with Gasteiger partial charge < -0.3 is 14.8 Å². The number of methoxy groups -OCH3 is 1. The Morgan fingerprint density at radius 3 is 2.43 bits per heavy atom. The van der Waals surface area contributed by atoms with E-state index in [4.69, 9.17) is 9.47 Å². The minimum Gasteiger partial charge on any atom is -0.467 e. The maximum absolute atomic E-state index is 12.2. The Bertz CT molecular complexity index is 912. The van der Waals surface area contributed by atoms with Crippen LogP contribution in [0.3, 0.4) is 0 Å². The smallest absolute Gasteiger partial charge is 0.408 e. The van der Waals surface area contributed by atoms with Gasteiger partial charge in [0, 0.05) is 0 Å². The second-order valence-corrected chi connectivity index (χ2v) is 5.96. The van der Waals surface area contributed by atoms with E-state index in [1.165, 1.54) is 13.3 Å². The predicted molar refractivity (Wildman–Crippen MR) is 100 cm³/mol. The minimum absolute atomic E-state index is 0.0334. The molecule has 0 aliphatic rings. The van der Waals surface area contributed by atoms with Crippen LogP contribution in [-0.4, -0.2) is 34.2 Å². The molecule has 0 unspecified atom stereocenters. The number of carbonyl (C=O) groups excluding carboxylic acids is 2. The summed E-state index contributed by atoms with van der Waals surface area (Å²) >= 11 is 0. The van der Waals surface area contributed by atoms with E-state index in [-0.39, 0.29) is 6.61 Å². The van der Waals surface area contributed by atoms with Crippen molar-refractivity contribution in [2.75, 3.05) is 7.11 Å². The fraction of sp³-hybridized carbons (Fsp3) is 0.200. The standard InChI is InChI=1S/C20H20N4O4/c1-27-19(25)18(16-10-6-3-7-11-16)22-20(26)28-14-17-12-21-23-24(17)13-15-8-4-2-5-9-15/h2-12,18H,13-14H2,1H3,(H,22,26)/t18-/m1/s1. The molecule has 1 heterocycles. The molecule has 28 heavy (non-hydrogen) atoms. The Kier molecular flexibility index (Phi) is 6.35. The van der Waals surface area contributed by atoms with Crippen LogP contribution in [0.2, 0.25) is 0 Å². The third-order valence-electron chi connectivity index (χ3n) is 4.06. The first-order valence-electron chi connectivity index (χ1n) is 8.64. The highest BCUT2D eigenvalue weighted by Gasteiger charge is 2.24. The SMILES string of the molecule is COC(=O)[C@H](NC(=O)OCc1cnnn1Cc1ccccc1)c1ccccc1. The summed E-state index contributed by atoms with van der Waals surface area (Å²) in [6.07, 6.45) is 0.789. The van der Waals surface area contributed by atoms with E-state index in [0.29, 0.717) is 17.8 Å². The molecular formula is C20H20N4O4. The molecule has 1 N–H and O–H groups in total. The van der Waals surface area contributed by atoms with Gasteiger partial charge in [-0.25, -0.2) is 14.3 Å². The molecule has 1 atom stereocenters. The van der Waals surface area contributed by atoms with E-state index < -0.39 is 18.1 Å². The number of ether oxygens (including phenoxy) is 2. The fourth-order valence-electron chi connectivity index (χ4n) is 2.62. The van der Waals surface area contributed by atoms with E-state index in [2.05, 4.69) is 15.6 Å². The van der Waals surface area contributed by atoms with Crippen molar-refractivity contribution in [1.29, 1.82) is 0 Å². The Balaban J connectivity index is 1.61. The highest BCUT2D eigenvalue weighted by molar-refractivity contribution is 5.82. The van der Waals surface area contributed by atoms with Crippen molar-refractivity contribution in [2.45, 2.75) is 19.2 Å². The van der Waals surface area contributed by atoms with Gasteiger partial charge in [-0.05, 0) is 11.1 Å². The lowest BCUT2D eigenvalue weighted by atomic mass is 10.1. The molecule has 1 amide bonds. The Hall–Kier alpha value is -3.68. The molecular weight excluding hydrogens is 360 g/mol. The lowest BCUT2D eigenvalue weighted by Gasteiger charge is -2.16. The van der Waals surface area contributed by atoms with Crippen molar-refractivity contribution in [3.63, 3.8) is 0 Å². The van der Waals surface area contributed by atoms with E-state index in [1.807, 2.05) is 36.4 Å². The number of aromatic nitrogens is 3. The second-order valence-electron chi connectivity index (χ2n) is 5.96. The summed E-state index contributed by atoms with van der Waals surface area (Å²) in [4.78, 5) is 24.2. The number of rotatable bonds is 7. The average Bonchev–Trinajstić information content (AvgIpc) is 3.18. The first-order chi connectivity index (χ1) is 13.7. The number of alkyl carbamates (subject to hydrolysis) is 1. The summed E-state index contributed by atoms with van der Waals surface area (Å²) in [6.45, 7) is 0.476. The number of esters is 1. The lowest BCUT2D eigenvalue weighted by molar-refractivity contribution is -0.143. The van der Waals surface area contributed by atoms with Crippen molar-refractivity contribution in [3.8, 4) is 0 Å². The molecule has 3 rings (SSSR count). The van der Waals surface area contributed by atoms with Crippen molar-refractivity contribution in [3.05, 3.63) is 83.7 Å². The third kappa shape index (κ3) is 4.94. The van der Waals surface area contributed by atoms with Crippen LogP contribution in [0, 0.1) is 0 Å². The van der Waals surface area contributed by atoms with Crippen LogP contribution in [0.1, 0.15) is 22.9 Å². The van der Waals surface area contributed by atoms with Crippen LogP contribution in [0.5, 0.6) is 0 Å². The average molecular weight is 380 g/mol. The summed E-state index contributed by atoms with van der Waals surface area (Å²) in [7, 11) is 1.26. The monoisotopic (exact) mass is 380 g/mol. The molecule has 1 aromatic heterocycles. The van der Waals surface area contributed by atoms with Gasteiger partial charge >= 0.3 is 12.1 Å². The second kappa shape index (κ2) is 9.31. The fourth-order valence-corrected chi connectivity index (χ4v) is 2.62. The first kappa shape index (κ1) is 19.1. The highest BCUT2D eigenvalue weighted by atomic mass is 16.6. The van der Waals surface area contributed by atoms with Crippen LogP contribution in [0.25, 0.3) is 0 Å². The highest BCUT2D eigenvalue weighted by Crippen LogP contribution is 2.14. The lowest BCUT2D eigenvalue weighted by Crippen LogP contribution is -2.35. The quantitative estimate of drug-likeness (QED) is 0.633. The molecule has 0 spiro atoms. The molecule has 0 aliphatic heterocycles. The Morgan fingerprint density at radius 1 is 1.07 bits per heavy atom. The van der Waals surface area contributed by atoms with Crippen molar-refractivity contribution in [2.24, 2.45) is 0 Å². The Labute approximate surface area is 162 Å². The summed E-state index contributed by atoms with van der Waals surface area (Å²) in [5, 5.41) is 10.4. The summed E-state index contributed by atoms with van der Waals surface area (Å²) < 4.78 is 11.7. The first-order valence-corrected chi connectivity index (χ1v) is 8.64. The van der Waals surface area contributed by atoms with Crippen LogP contribution < -0.4 is 5.32 Å². The van der Waals surface area contributed by atoms with Gasteiger partial charge in [0.2, 0.25) is 0 Å². The molecule has 8 heteroatoms. The van der Waals surface area contributed by atoms with Crippen LogP contribution in [0.4, 0.5) is 4.79 Å². The zero-order valence-corrected chi connectivity index (χ0v) is 15.3. The number of nitrogens with one attached hydrogen (secondary N) is 1. The minimum atomic E-state index is -0.953. The molecule has 2 aromatic carbocycles. The van der Waals surface area contributed by atoms with E-state index in [0.717, 1.165) is 5.56 Å². The van der Waals surface area contributed by atoms with Gasteiger partial charge in [-0.3, -0.25) is 0 Å². The number of hydrogen-bond acceptors (Lipinski definition) is 6. The van der Waals surface area contributed by atoms with Crippen molar-refractivity contribution in [1.82, 2.24) is 20.3 Å². The van der Waals surface area contributed by atoms with E-state index in [9.17, 15) is 9.59 Å². The molecule has 0 saturated heterocycles. The zero-order valence-electron chi connectivity index (χ0n) is 15.3. The molecule has 0 radical (unpaired) electrons. The van der Waals surface area contributed by atoms with Gasteiger partial charge in [0.1, 0.15) is 6.61 Å². The number of nitrogens with zero attached hydrogens (tertiary/aromatic N) is 3. The van der Waals surface area contributed by atoms with Crippen LogP contribution >= 0.6 is 0 Å². The van der Waals surface area contributed by atoms with Crippen molar-refractivity contribution < 1.29 is 19.1 Å². The van der Waals surface area contributed by atoms with E-state index in [1.54, 1.807) is 28.9 Å². The normalized spacial score (nSPS) is 11.5. The summed E-state index contributed by atoms with van der Waals surface area (Å²) in [6, 6.07) is 17.6. The molecule has 144 valence electrons. The van der Waals surface area contributed by atoms with Gasteiger partial charge in [-0.1, -0.05) is 65.9 Å². The largest absolute Gasteiger partial charge is 0.467 e. The molecule has 8 nitrogen and oxygen atoms in total. The van der Waals surface area contributed by atoms with Gasteiger partial charge in [0.05, 0.1) is 25.5 Å². The van der Waals surface area contributed by atoms with Gasteiger partial charge in [-0.15, -0.1) is 5.10 Å². The van der Waals surface area contributed by atoms with Crippen LogP contribution in [-0.2, 0) is 27.4 Å². The van der Waals surface area contributed by atoms with Crippen LogP contribution in [0.15, 0.2) is 66.9 Å². The predicted octanol–water partition coefficient (Wildman–Crippen LogP) is 2.47. The summed E-state index contributed by atoms with van der Waals surface area (Å²) in [5.41, 5.74) is 2.28. The molecule has 0 aliphatic carbocycles. The van der Waals surface area contributed by atoms with Gasteiger partial charge in [-0.2, -0.15) is 0 Å². The molecule has 0 saturated carbocycles. The number of amides is 1. The van der Waals surface area contributed by atoms with Gasteiger partial charge in [0.25, 0.3) is 0 Å². The zero-order chi connectivity index (χ0) is 19.8. The maximum Gasteiger partial charge on any atom is 0.408 e. The number of hydrogen-bond donors (Lipinski definition) is 1. The van der Waals surface area contributed by atoms with E-state index >= 15 is 0 Å². The molecule has 0 fully saturated rings. The maximum atomic E-state index is 12.2. The molecule has 3 aromatic rings. The number of benzene rings is 2. The van der Waals surface area contributed by atoms with Crippen molar-refractivity contribution >= 4 is 12.1 Å². The molecule has 0 bridgehead atoms.